The molecule has 0 aromatic heterocycles. The van der Waals surface area contributed by atoms with Crippen LogP contribution in [0.1, 0.15) is 19.8 Å². The molecule has 1 saturated heterocycles. The summed E-state index contributed by atoms with van der Waals surface area (Å²) in [4.78, 5) is 0. The highest BCUT2D eigenvalue weighted by atomic mass is 19.4. The average molecular weight is 275 g/mol. The summed E-state index contributed by atoms with van der Waals surface area (Å²) in [5, 5.41) is 3.26. The maximum Gasteiger partial charge on any atom is 0.573 e. The first-order valence-electron chi connectivity index (χ1n) is 6.19. The van der Waals surface area contributed by atoms with Crippen molar-refractivity contribution in [2.45, 2.75) is 38.3 Å². The van der Waals surface area contributed by atoms with E-state index in [1.807, 2.05) is 6.92 Å². The van der Waals surface area contributed by atoms with Crippen LogP contribution in [0, 0.1) is 0 Å². The van der Waals surface area contributed by atoms with Gasteiger partial charge in [-0.05, 0) is 38.4 Å². The molecule has 0 amide bonds. The minimum absolute atomic E-state index is 0.0887. The highest BCUT2D eigenvalue weighted by Gasteiger charge is 2.32. The Kier molecular flexibility index (Phi) is 4.19. The third kappa shape index (κ3) is 4.31. The lowest BCUT2D eigenvalue weighted by Crippen LogP contribution is -2.40. The lowest BCUT2D eigenvalue weighted by atomic mass is 10.0. The van der Waals surface area contributed by atoms with Crippen LogP contribution < -0.4 is 14.8 Å². The van der Waals surface area contributed by atoms with Crippen molar-refractivity contribution < 1.29 is 22.6 Å². The SMILES string of the molecule is CC1CC(Oc2ccccc2OC(F)(F)F)CCN1. The fourth-order valence-electron chi connectivity index (χ4n) is 2.13. The van der Waals surface area contributed by atoms with Gasteiger partial charge in [0.05, 0.1) is 0 Å². The van der Waals surface area contributed by atoms with Crippen molar-refractivity contribution in [1.82, 2.24) is 5.32 Å². The summed E-state index contributed by atoms with van der Waals surface area (Å²) in [6.07, 6.45) is -3.26. The van der Waals surface area contributed by atoms with E-state index >= 15 is 0 Å². The van der Waals surface area contributed by atoms with Gasteiger partial charge >= 0.3 is 6.36 Å². The molecule has 0 spiro atoms. The van der Waals surface area contributed by atoms with E-state index in [1.165, 1.54) is 18.2 Å². The molecular weight excluding hydrogens is 259 g/mol. The van der Waals surface area contributed by atoms with Crippen LogP contribution in [0.15, 0.2) is 24.3 Å². The first-order valence-corrected chi connectivity index (χ1v) is 6.19. The van der Waals surface area contributed by atoms with E-state index in [0.717, 1.165) is 19.4 Å². The molecule has 106 valence electrons. The number of halogens is 3. The van der Waals surface area contributed by atoms with E-state index in [4.69, 9.17) is 4.74 Å². The summed E-state index contributed by atoms with van der Waals surface area (Å²) in [7, 11) is 0. The van der Waals surface area contributed by atoms with Gasteiger partial charge in [-0.3, -0.25) is 0 Å². The number of benzene rings is 1. The molecule has 1 aromatic rings. The van der Waals surface area contributed by atoms with E-state index in [2.05, 4.69) is 10.1 Å². The molecule has 19 heavy (non-hydrogen) atoms. The fraction of sp³-hybridized carbons (Fsp3) is 0.538. The lowest BCUT2D eigenvalue weighted by molar-refractivity contribution is -0.275. The number of rotatable bonds is 3. The summed E-state index contributed by atoms with van der Waals surface area (Å²) < 4.78 is 46.4. The molecule has 2 unspecified atom stereocenters. The molecule has 1 fully saturated rings. The van der Waals surface area contributed by atoms with Crippen LogP contribution in [0.3, 0.4) is 0 Å². The van der Waals surface area contributed by atoms with Crippen molar-refractivity contribution in [3.05, 3.63) is 24.3 Å². The lowest BCUT2D eigenvalue weighted by Gasteiger charge is -2.29. The van der Waals surface area contributed by atoms with Gasteiger partial charge in [-0.15, -0.1) is 13.2 Å². The average Bonchev–Trinajstić information content (AvgIpc) is 2.30. The van der Waals surface area contributed by atoms with E-state index in [9.17, 15) is 13.2 Å². The van der Waals surface area contributed by atoms with Crippen LogP contribution in [0.5, 0.6) is 11.5 Å². The first-order chi connectivity index (χ1) is 8.94. The van der Waals surface area contributed by atoms with E-state index in [1.54, 1.807) is 6.07 Å². The summed E-state index contributed by atoms with van der Waals surface area (Å²) in [6.45, 7) is 2.82. The number of hydrogen-bond donors (Lipinski definition) is 1. The molecule has 0 radical (unpaired) electrons. The van der Waals surface area contributed by atoms with Gasteiger partial charge in [0.2, 0.25) is 0 Å². The first kappa shape index (κ1) is 14.0. The van der Waals surface area contributed by atoms with Gasteiger partial charge in [0.25, 0.3) is 0 Å². The number of ether oxygens (including phenoxy) is 2. The second-order valence-corrected chi connectivity index (χ2v) is 4.61. The number of nitrogens with one attached hydrogen (secondary N) is 1. The van der Waals surface area contributed by atoms with Crippen LogP contribution in [-0.2, 0) is 0 Å². The van der Waals surface area contributed by atoms with Crippen molar-refractivity contribution in [2.75, 3.05) is 6.54 Å². The minimum atomic E-state index is -4.71. The third-order valence-corrected chi connectivity index (χ3v) is 2.94. The molecule has 3 nitrogen and oxygen atoms in total. The van der Waals surface area contributed by atoms with Crippen LogP contribution in [0.4, 0.5) is 13.2 Å². The number of piperidine rings is 1. The molecule has 2 rings (SSSR count). The van der Waals surface area contributed by atoms with E-state index in [0.29, 0.717) is 6.04 Å². The van der Waals surface area contributed by atoms with Gasteiger partial charge < -0.3 is 14.8 Å². The molecule has 0 bridgehead atoms. The number of para-hydroxylation sites is 2. The maximum absolute atomic E-state index is 12.3. The van der Waals surface area contributed by atoms with Crippen LogP contribution in [0.25, 0.3) is 0 Å². The predicted molar refractivity (Wildman–Crippen MR) is 64.2 cm³/mol. The molecule has 1 aliphatic heterocycles. The number of hydrogen-bond acceptors (Lipinski definition) is 3. The molecule has 0 saturated carbocycles. The summed E-state index contributed by atoms with van der Waals surface area (Å²) in [5.74, 6) is -0.153. The topological polar surface area (TPSA) is 30.5 Å². The quantitative estimate of drug-likeness (QED) is 0.919. The summed E-state index contributed by atoms with van der Waals surface area (Å²) in [6, 6.07) is 6.16. The zero-order chi connectivity index (χ0) is 13.9. The van der Waals surface area contributed by atoms with Gasteiger partial charge in [0.1, 0.15) is 6.10 Å². The zero-order valence-electron chi connectivity index (χ0n) is 10.5. The largest absolute Gasteiger partial charge is 0.573 e. The van der Waals surface area contributed by atoms with Gasteiger partial charge in [-0.25, -0.2) is 0 Å². The fourth-order valence-corrected chi connectivity index (χ4v) is 2.13. The molecule has 1 aromatic carbocycles. The zero-order valence-corrected chi connectivity index (χ0v) is 10.5. The summed E-state index contributed by atoms with van der Waals surface area (Å²) in [5.41, 5.74) is 0. The Morgan fingerprint density at radius 1 is 1.21 bits per heavy atom. The van der Waals surface area contributed by atoms with Crippen molar-refractivity contribution in [3.63, 3.8) is 0 Å². The van der Waals surface area contributed by atoms with Gasteiger partial charge in [0.15, 0.2) is 11.5 Å². The van der Waals surface area contributed by atoms with Gasteiger partial charge in [0, 0.05) is 6.04 Å². The standard InChI is InChI=1S/C13H16F3NO2/c1-9-8-10(6-7-17-9)18-11-4-2-3-5-12(11)19-13(14,15)16/h2-5,9-10,17H,6-8H2,1H3. The normalized spacial score (nSPS) is 24.0. The summed E-state index contributed by atoms with van der Waals surface area (Å²) >= 11 is 0. The molecular formula is C13H16F3NO2. The Morgan fingerprint density at radius 2 is 1.89 bits per heavy atom. The minimum Gasteiger partial charge on any atom is -0.486 e. The Hall–Kier alpha value is -1.43. The maximum atomic E-state index is 12.3. The van der Waals surface area contributed by atoms with Crippen molar-refractivity contribution in [2.24, 2.45) is 0 Å². The van der Waals surface area contributed by atoms with Gasteiger partial charge in [-0.1, -0.05) is 12.1 Å². The second-order valence-electron chi connectivity index (χ2n) is 4.61. The Morgan fingerprint density at radius 3 is 2.53 bits per heavy atom. The third-order valence-electron chi connectivity index (χ3n) is 2.94. The van der Waals surface area contributed by atoms with Crippen molar-refractivity contribution in [3.8, 4) is 11.5 Å². The van der Waals surface area contributed by atoms with Crippen LogP contribution in [-0.4, -0.2) is 25.1 Å². The Bertz CT molecular complexity index is 423. The van der Waals surface area contributed by atoms with Crippen LogP contribution >= 0.6 is 0 Å². The predicted octanol–water partition coefficient (Wildman–Crippen LogP) is 3.10. The molecule has 2 atom stereocenters. The van der Waals surface area contributed by atoms with E-state index in [-0.39, 0.29) is 17.6 Å². The molecule has 1 aliphatic rings. The second kappa shape index (κ2) is 5.69. The van der Waals surface area contributed by atoms with E-state index < -0.39 is 6.36 Å². The van der Waals surface area contributed by atoms with Crippen LogP contribution in [0.2, 0.25) is 0 Å². The highest BCUT2D eigenvalue weighted by molar-refractivity contribution is 5.39. The molecule has 6 heteroatoms. The molecule has 1 heterocycles. The Labute approximate surface area is 109 Å². The monoisotopic (exact) mass is 275 g/mol. The highest BCUT2D eigenvalue weighted by Crippen LogP contribution is 2.33. The molecule has 1 N–H and O–H groups in total. The van der Waals surface area contributed by atoms with Crippen molar-refractivity contribution >= 4 is 0 Å². The van der Waals surface area contributed by atoms with Crippen molar-refractivity contribution in [1.29, 1.82) is 0 Å². The molecule has 0 aliphatic carbocycles. The smallest absolute Gasteiger partial charge is 0.486 e. The number of alkyl halides is 3. The van der Waals surface area contributed by atoms with Gasteiger partial charge in [-0.2, -0.15) is 0 Å². The Balaban J connectivity index is 2.07.